The van der Waals surface area contributed by atoms with E-state index in [1.54, 1.807) is 17.5 Å². The van der Waals surface area contributed by atoms with E-state index in [0.29, 0.717) is 16.4 Å². The molecule has 7 heteroatoms. The fourth-order valence-corrected chi connectivity index (χ4v) is 3.24. The van der Waals surface area contributed by atoms with Crippen LogP contribution < -0.4 is 5.32 Å². The highest BCUT2D eigenvalue weighted by Crippen LogP contribution is 2.28. The number of nitrogens with one attached hydrogen (secondary N) is 1. The van der Waals surface area contributed by atoms with Crippen molar-refractivity contribution in [1.82, 2.24) is 9.97 Å². The molecule has 98 valence electrons. The molecule has 1 aromatic carbocycles. The van der Waals surface area contributed by atoms with Crippen LogP contribution in [0.3, 0.4) is 0 Å². The minimum Gasteiger partial charge on any atom is -0.361 e. The van der Waals surface area contributed by atoms with Crippen molar-refractivity contribution in [2.24, 2.45) is 0 Å². The first kappa shape index (κ1) is 12.4. The van der Waals surface area contributed by atoms with Crippen LogP contribution in [0.2, 0.25) is 0 Å². The molecule has 0 spiro atoms. The van der Waals surface area contributed by atoms with Gasteiger partial charge in [-0.15, -0.1) is 11.3 Å². The molecule has 3 nitrogen and oxygen atoms in total. The van der Waals surface area contributed by atoms with E-state index in [1.165, 1.54) is 17.4 Å². The van der Waals surface area contributed by atoms with E-state index < -0.39 is 11.6 Å². The van der Waals surface area contributed by atoms with E-state index in [2.05, 4.69) is 15.3 Å². The molecular weight excluding hydrogens is 288 g/mol. The summed E-state index contributed by atoms with van der Waals surface area (Å²) in [5.41, 5.74) is 0.211. The lowest BCUT2D eigenvalue weighted by molar-refractivity contribution is 0.591. The summed E-state index contributed by atoms with van der Waals surface area (Å²) in [6.07, 6.45) is 2.54. The maximum atomic E-state index is 13.5. The summed E-state index contributed by atoms with van der Waals surface area (Å²) in [6, 6.07) is 2.14. The van der Waals surface area contributed by atoms with Crippen LogP contribution in [0.4, 0.5) is 13.9 Å². The average Bonchev–Trinajstić information content (AvgIpc) is 2.98. The Morgan fingerprint density at radius 3 is 2.95 bits per heavy atom. The summed E-state index contributed by atoms with van der Waals surface area (Å²) in [6.45, 7) is 0.664. The molecule has 0 atom stereocenters. The second kappa shape index (κ2) is 5.18. The number of halogens is 2. The summed E-state index contributed by atoms with van der Waals surface area (Å²) >= 11 is 2.83. The molecule has 3 rings (SSSR count). The smallest absolute Gasteiger partial charge is 0.183 e. The Kier molecular flexibility index (Phi) is 3.39. The number of benzene rings is 1. The van der Waals surface area contributed by atoms with Crippen molar-refractivity contribution < 1.29 is 8.78 Å². The first-order chi connectivity index (χ1) is 9.22. The molecule has 2 heterocycles. The second-order valence-corrected chi connectivity index (χ2v) is 5.87. The molecule has 0 amide bonds. The van der Waals surface area contributed by atoms with Gasteiger partial charge in [0.1, 0.15) is 11.3 Å². The van der Waals surface area contributed by atoms with E-state index in [4.69, 9.17) is 0 Å². The number of fused-ring (bicyclic) bond motifs is 1. The highest BCUT2D eigenvalue weighted by atomic mass is 32.1. The quantitative estimate of drug-likeness (QED) is 0.798. The molecule has 3 aromatic rings. The number of nitrogens with zero attached hydrogens (tertiary/aromatic N) is 2. The standard InChI is InChI=1S/C12H9F2N3S2/c13-7-5-8(14)11-9(6-7)19-12(17-11)16-2-1-10-15-3-4-18-10/h3-6H,1-2H2,(H,16,17). The number of anilines is 1. The van der Waals surface area contributed by atoms with Crippen molar-refractivity contribution in [1.29, 1.82) is 0 Å². The molecule has 0 saturated carbocycles. The molecule has 0 saturated heterocycles. The van der Waals surface area contributed by atoms with Crippen molar-refractivity contribution in [2.45, 2.75) is 6.42 Å². The largest absolute Gasteiger partial charge is 0.361 e. The van der Waals surface area contributed by atoms with Crippen LogP contribution >= 0.6 is 22.7 Å². The van der Waals surface area contributed by atoms with E-state index in [-0.39, 0.29) is 5.52 Å². The minimum absolute atomic E-state index is 0.211. The van der Waals surface area contributed by atoms with Crippen LogP contribution in [0, 0.1) is 11.6 Å². The average molecular weight is 297 g/mol. The van der Waals surface area contributed by atoms with Crippen LogP contribution in [0.1, 0.15) is 5.01 Å². The summed E-state index contributed by atoms with van der Waals surface area (Å²) in [4.78, 5) is 8.29. The highest BCUT2D eigenvalue weighted by molar-refractivity contribution is 7.22. The van der Waals surface area contributed by atoms with Crippen LogP contribution in [0.25, 0.3) is 10.2 Å². The van der Waals surface area contributed by atoms with Crippen LogP contribution in [0.15, 0.2) is 23.7 Å². The molecule has 19 heavy (non-hydrogen) atoms. The van der Waals surface area contributed by atoms with E-state index in [9.17, 15) is 8.78 Å². The van der Waals surface area contributed by atoms with Gasteiger partial charge >= 0.3 is 0 Å². The fourth-order valence-electron chi connectivity index (χ4n) is 1.69. The predicted molar refractivity (Wildman–Crippen MR) is 73.8 cm³/mol. The number of aromatic nitrogens is 2. The summed E-state index contributed by atoms with van der Waals surface area (Å²) in [5.74, 6) is -1.21. The molecule has 2 aromatic heterocycles. The zero-order chi connectivity index (χ0) is 13.2. The van der Waals surface area contributed by atoms with Gasteiger partial charge in [0.25, 0.3) is 0 Å². The summed E-state index contributed by atoms with van der Waals surface area (Å²) in [5, 5.41) is 6.65. The second-order valence-electron chi connectivity index (χ2n) is 3.86. The van der Waals surface area contributed by atoms with Gasteiger partial charge in [-0.3, -0.25) is 0 Å². The number of hydrogen-bond donors (Lipinski definition) is 1. The molecule has 0 fully saturated rings. The third-order valence-electron chi connectivity index (χ3n) is 2.51. The van der Waals surface area contributed by atoms with Gasteiger partial charge < -0.3 is 5.32 Å². The minimum atomic E-state index is -0.626. The van der Waals surface area contributed by atoms with Crippen LogP contribution in [-0.4, -0.2) is 16.5 Å². The number of rotatable bonds is 4. The van der Waals surface area contributed by atoms with Crippen molar-refractivity contribution in [3.05, 3.63) is 40.4 Å². The molecule has 1 N–H and O–H groups in total. The molecule has 0 aliphatic carbocycles. The monoisotopic (exact) mass is 297 g/mol. The zero-order valence-electron chi connectivity index (χ0n) is 9.69. The molecule has 0 radical (unpaired) electrons. The Hall–Kier alpha value is -1.60. The Morgan fingerprint density at radius 2 is 2.16 bits per heavy atom. The first-order valence-electron chi connectivity index (χ1n) is 5.60. The lowest BCUT2D eigenvalue weighted by Gasteiger charge is -1.98. The van der Waals surface area contributed by atoms with Gasteiger partial charge in [0.2, 0.25) is 0 Å². The number of hydrogen-bond acceptors (Lipinski definition) is 5. The van der Waals surface area contributed by atoms with Gasteiger partial charge in [-0.1, -0.05) is 11.3 Å². The van der Waals surface area contributed by atoms with E-state index in [0.717, 1.165) is 17.5 Å². The molecule has 0 unspecified atom stereocenters. The van der Waals surface area contributed by atoms with Gasteiger partial charge in [0.05, 0.1) is 9.71 Å². The summed E-state index contributed by atoms with van der Waals surface area (Å²) < 4.78 is 27.0. The summed E-state index contributed by atoms with van der Waals surface area (Å²) in [7, 11) is 0. The normalized spacial score (nSPS) is 11.1. The van der Waals surface area contributed by atoms with Crippen molar-refractivity contribution >= 4 is 38.0 Å². The maximum absolute atomic E-state index is 13.5. The van der Waals surface area contributed by atoms with E-state index >= 15 is 0 Å². The van der Waals surface area contributed by atoms with Gasteiger partial charge in [-0.2, -0.15) is 0 Å². The highest BCUT2D eigenvalue weighted by Gasteiger charge is 2.10. The zero-order valence-corrected chi connectivity index (χ0v) is 11.3. The Bertz CT molecular complexity index is 694. The van der Waals surface area contributed by atoms with Gasteiger partial charge in [-0.05, 0) is 6.07 Å². The predicted octanol–water partition coefficient (Wildman–Crippen LogP) is 3.69. The molecular formula is C12H9F2N3S2. The maximum Gasteiger partial charge on any atom is 0.183 e. The topological polar surface area (TPSA) is 37.8 Å². The molecule has 0 bridgehead atoms. The van der Waals surface area contributed by atoms with Gasteiger partial charge in [-0.25, -0.2) is 18.7 Å². The Morgan fingerprint density at radius 1 is 1.26 bits per heavy atom. The first-order valence-corrected chi connectivity index (χ1v) is 7.30. The van der Waals surface area contributed by atoms with Crippen molar-refractivity contribution in [2.75, 3.05) is 11.9 Å². The SMILES string of the molecule is Fc1cc(F)c2nc(NCCc3nccs3)sc2c1. The lowest BCUT2D eigenvalue weighted by Crippen LogP contribution is -2.03. The molecule has 0 aliphatic heterocycles. The van der Waals surface area contributed by atoms with E-state index in [1.807, 2.05) is 5.38 Å². The third kappa shape index (κ3) is 2.71. The van der Waals surface area contributed by atoms with Crippen LogP contribution in [-0.2, 0) is 6.42 Å². The van der Waals surface area contributed by atoms with Crippen LogP contribution in [0.5, 0.6) is 0 Å². The van der Waals surface area contributed by atoms with Gasteiger partial charge in [0, 0.05) is 30.6 Å². The van der Waals surface area contributed by atoms with Crippen molar-refractivity contribution in [3.8, 4) is 0 Å². The lowest BCUT2D eigenvalue weighted by atomic mass is 10.3. The fraction of sp³-hybridized carbons (Fsp3) is 0.167. The van der Waals surface area contributed by atoms with Gasteiger partial charge in [0.15, 0.2) is 10.9 Å². The number of thiazole rings is 2. The molecule has 0 aliphatic rings. The Balaban J connectivity index is 1.73. The Labute approximate surface area is 116 Å². The van der Waals surface area contributed by atoms with Crippen molar-refractivity contribution in [3.63, 3.8) is 0 Å². The third-order valence-corrected chi connectivity index (χ3v) is 4.31.